The molecule has 0 unspecified atom stereocenters. The lowest BCUT2D eigenvalue weighted by Gasteiger charge is -2.41. The number of fused-ring (bicyclic) bond motifs is 1. The maximum absolute atomic E-state index is 5.48. The fraction of sp³-hybridized carbons (Fsp3) is 0.625. The first kappa shape index (κ1) is 14.4. The highest BCUT2D eigenvalue weighted by Gasteiger charge is 2.26. The van der Waals surface area contributed by atoms with E-state index in [2.05, 4.69) is 26.2 Å². The van der Waals surface area contributed by atoms with E-state index in [1.807, 2.05) is 6.92 Å². The Morgan fingerprint density at radius 2 is 1.91 bits per heavy atom. The van der Waals surface area contributed by atoms with Crippen LogP contribution in [0.15, 0.2) is 11.4 Å². The van der Waals surface area contributed by atoms with Crippen molar-refractivity contribution in [3.8, 4) is 0 Å². The molecule has 0 aliphatic carbocycles. The van der Waals surface area contributed by atoms with Gasteiger partial charge >= 0.3 is 0 Å². The molecule has 118 valence electrons. The van der Waals surface area contributed by atoms with Gasteiger partial charge in [-0.2, -0.15) is 0 Å². The Hall–Kier alpha value is -1.24. The summed E-state index contributed by atoms with van der Waals surface area (Å²) in [6.07, 6.45) is 2.36. The molecular formula is C16H22N4OS. The van der Waals surface area contributed by atoms with Gasteiger partial charge in [0.15, 0.2) is 0 Å². The Morgan fingerprint density at radius 1 is 1.14 bits per heavy atom. The fourth-order valence-electron chi connectivity index (χ4n) is 3.52. The van der Waals surface area contributed by atoms with E-state index in [1.165, 1.54) is 17.5 Å². The third-order valence-corrected chi connectivity index (χ3v) is 5.62. The molecule has 4 heterocycles. The van der Waals surface area contributed by atoms with Gasteiger partial charge in [-0.15, -0.1) is 11.3 Å². The number of nitrogens with zero attached hydrogens (tertiary/aromatic N) is 4. The van der Waals surface area contributed by atoms with E-state index in [9.17, 15) is 0 Å². The lowest BCUT2D eigenvalue weighted by atomic mass is 10.1. The lowest BCUT2D eigenvalue weighted by molar-refractivity contribution is 0.0321. The summed E-state index contributed by atoms with van der Waals surface area (Å²) < 4.78 is 6.71. The largest absolute Gasteiger partial charge is 0.381 e. The van der Waals surface area contributed by atoms with E-state index >= 15 is 0 Å². The van der Waals surface area contributed by atoms with Crippen LogP contribution in [0.3, 0.4) is 0 Å². The minimum Gasteiger partial charge on any atom is -0.381 e. The summed E-state index contributed by atoms with van der Waals surface area (Å²) in [4.78, 5) is 14.3. The number of anilines is 1. The van der Waals surface area contributed by atoms with Gasteiger partial charge in [0.2, 0.25) is 0 Å². The van der Waals surface area contributed by atoms with Crippen LogP contribution in [0.25, 0.3) is 10.2 Å². The smallest absolute Gasteiger partial charge is 0.150 e. The second-order valence-electron chi connectivity index (χ2n) is 6.10. The van der Waals surface area contributed by atoms with Crippen molar-refractivity contribution in [3.05, 3.63) is 17.3 Å². The number of rotatable bonds is 2. The molecule has 0 atom stereocenters. The molecule has 0 aromatic carbocycles. The van der Waals surface area contributed by atoms with Gasteiger partial charge in [0.25, 0.3) is 0 Å². The van der Waals surface area contributed by atoms with Crippen LogP contribution in [0.5, 0.6) is 0 Å². The summed E-state index contributed by atoms with van der Waals surface area (Å²) in [6.45, 7) is 8.19. The van der Waals surface area contributed by atoms with E-state index in [1.54, 1.807) is 11.3 Å². The van der Waals surface area contributed by atoms with Crippen molar-refractivity contribution in [2.75, 3.05) is 44.3 Å². The van der Waals surface area contributed by atoms with E-state index in [-0.39, 0.29) is 0 Å². The number of hydrogen-bond donors (Lipinski definition) is 0. The summed E-state index contributed by atoms with van der Waals surface area (Å²) in [5.41, 5.74) is 1.08. The highest BCUT2D eigenvalue weighted by atomic mass is 32.1. The second-order valence-corrected chi connectivity index (χ2v) is 7.01. The van der Waals surface area contributed by atoms with Gasteiger partial charge in [-0.3, -0.25) is 4.90 Å². The predicted octanol–water partition coefficient (Wildman–Crippen LogP) is 2.30. The van der Waals surface area contributed by atoms with Crippen molar-refractivity contribution in [2.45, 2.75) is 25.8 Å². The number of hydrogen-bond acceptors (Lipinski definition) is 6. The molecule has 6 heteroatoms. The van der Waals surface area contributed by atoms with E-state index in [0.717, 1.165) is 56.6 Å². The first-order valence-corrected chi connectivity index (χ1v) is 8.98. The van der Waals surface area contributed by atoms with Crippen molar-refractivity contribution in [2.24, 2.45) is 0 Å². The maximum Gasteiger partial charge on any atom is 0.150 e. The predicted molar refractivity (Wildman–Crippen MR) is 89.8 cm³/mol. The first-order chi connectivity index (χ1) is 10.8. The highest BCUT2D eigenvalue weighted by Crippen LogP contribution is 2.30. The van der Waals surface area contributed by atoms with E-state index < -0.39 is 0 Å². The second kappa shape index (κ2) is 6.10. The topological polar surface area (TPSA) is 41.5 Å². The minimum atomic E-state index is 0.713. The number of aromatic nitrogens is 2. The molecule has 0 saturated carbocycles. The van der Waals surface area contributed by atoms with Crippen LogP contribution >= 0.6 is 11.3 Å². The zero-order valence-corrected chi connectivity index (χ0v) is 13.8. The molecule has 2 fully saturated rings. The Kier molecular flexibility index (Phi) is 3.98. The summed E-state index contributed by atoms with van der Waals surface area (Å²) in [7, 11) is 0. The third kappa shape index (κ3) is 2.71. The van der Waals surface area contributed by atoms with E-state index in [4.69, 9.17) is 9.72 Å². The van der Waals surface area contributed by atoms with Crippen LogP contribution < -0.4 is 4.90 Å². The summed E-state index contributed by atoms with van der Waals surface area (Å²) in [5, 5.41) is 2.11. The normalized spacial score (nSPS) is 21.6. The molecule has 4 rings (SSSR count). The molecule has 2 aliphatic heterocycles. The zero-order chi connectivity index (χ0) is 14.9. The molecule has 2 aliphatic rings. The van der Waals surface area contributed by atoms with Crippen molar-refractivity contribution in [1.29, 1.82) is 0 Å². The van der Waals surface area contributed by atoms with E-state index in [0.29, 0.717) is 6.04 Å². The van der Waals surface area contributed by atoms with Crippen LogP contribution in [0, 0.1) is 6.92 Å². The molecule has 0 spiro atoms. The van der Waals surface area contributed by atoms with Gasteiger partial charge in [-0.1, -0.05) is 0 Å². The van der Waals surface area contributed by atoms with Gasteiger partial charge in [0, 0.05) is 45.4 Å². The average molecular weight is 318 g/mol. The van der Waals surface area contributed by atoms with Gasteiger partial charge in [-0.05, 0) is 31.2 Å². The van der Waals surface area contributed by atoms with Crippen molar-refractivity contribution < 1.29 is 4.74 Å². The number of ether oxygens (including phenoxy) is 1. The van der Waals surface area contributed by atoms with Gasteiger partial charge in [0.1, 0.15) is 11.6 Å². The molecule has 2 aromatic rings. The lowest BCUT2D eigenvalue weighted by Crippen LogP contribution is -2.51. The Labute approximate surface area is 134 Å². The number of piperazine rings is 1. The van der Waals surface area contributed by atoms with Crippen LogP contribution in [-0.2, 0) is 4.74 Å². The number of aryl methyl sites for hydroxylation is 1. The highest BCUT2D eigenvalue weighted by molar-refractivity contribution is 7.17. The first-order valence-electron chi connectivity index (χ1n) is 8.10. The molecule has 0 bridgehead atoms. The molecule has 22 heavy (non-hydrogen) atoms. The van der Waals surface area contributed by atoms with Gasteiger partial charge in [0.05, 0.1) is 10.2 Å². The van der Waals surface area contributed by atoms with Crippen molar-refractivity contribution >= 4 is 27.4 Å². The molecule has 5 nitrogen and oxygen atoms in total. The standard InChI is InChI=1S/C16H22N4OS/c1-12-17-14-4-11-22-15(14)16(18-12)20-7-5-19(6-8-20)13-2-9-21-10-3-13/h4,11,13H,2-3,5-10H2,1H3. The van der Waals surface area contributed by atoms with Crippen LogP contribution in [0.1, 0.15) is 18.7 Å². The third-order valence-electron chi connectivity index (χ3n) is 4.72. The zero-order valence-electron chi connectivity index (χ0n) is 13.0. The Bertz CT molecular complexity index is 645. The Morgan fingerprint density at radius 3 is 2.68 bits per heavy atom. The molecule has 0 amide bonds. The molecule has 2 aromatic heterocycles. The number of thiophene rings is 1. The maximum atomic E-state index is 5.48. The molecule has 2 saturated heterocycles. The van der Waals surface area contributed by atoms with Gasteiger partial charge < -0.3 is 9.64 Å². The van der Waals surface area contributed by atoms with Crippen LogP contribution in [-0.4, -0.2) is 60.3 Å². The molecule has 0 N–H and O–H groups in total. The summed E-state index contributed by atoms with van der Waals surface area (Å²) in [5.74, 6) is 2.00. The Balaban J connectivity index is 1.49. The molecule has 0 radical (unpaired) electrons. The van der Waals surface area contributed by atoms with Gasteiger partial charge in [-0.25, -0.2) is 9.97 Å². The van der Waals surface area contributed by atoms with Crippen molar-refractivity contribution in [1.82, 2.24) is 14.9 Å². The SMILES string of the molecule is Cc1nc(N2CCN(C3CCOCC3)CC2)c2sccc2n1. The molecular weight excluding hydrogens is 296 g/mol. The van der Waals surface area contributed by atoms with Crippen LogP contribution in [0.4, 0.5) is 5.82 Å². The average Bonchev–Trinajstić information content (AvgIpc) is 3.03. The fourth-order valence-corrected chi connectivity index (χ4v) is 4.37. The van der Waals surface area contributed by atoms with Crippen molar-refractivity contribution in [3.63, 3.8) is 0 Å². The summed E-state index contributed by atoms with van der Waals surface area (Å²) in [6, 6.07) is 2.81. The van der Waals surface area contributed by atoms with Crippen LogP contribution in [0.2, 0.25) is 0 Å². The minimum absolute atomic E-state index is 0.713. The monoisotopic (exact) mass is 318 g/mol. The quantitative estimate of drug-likeness (QED) is 0.850. The summed E-state index contributed by atoms with van der Waals surface area (Å²) >= 11 is 1.75.